The number of hydrogen-bond donors (Lipinski definition) is 0. The van der Waals surface area contributed by atoms with Crippen molar-refractivity contribution in [3.8, 4) is 11.1 Å². The number of carbonyl (C=O) groups is 1. The second-order valence-electron chi connectivity index (χ2n) is 8.30. The third-order valence-corrected chi connectivity index (χ3v) is 8.19. The van der Waals surface area contributed by atoms with Crippen LogP contribution in [0.5, 0.6) is 0 Å². The number of likely N-dealkylation sites (N-methyl/N-ethyl adjacent to an activating group) is 1. The molecule has 0 atom stereocenters. The number of thiazole rings is 1. The Kier molecular flexibility index (Phi) is 9.24. The van der Waals surface area contributed by atoms with E-state index in [-0.39, 0.29) is 23.2 Å². The minimum absolute atomic E-state index is 0. The lowest BCUT2D eigenvalue weighted by Gasteiger charge is -2.24. The van der Waals surface area contributed by atoms with Gasteiger partial charge in [0.1, 0.15) is 5.52 Å². The monoisotopic (exact) mass is 543 g/mol. The predicted molar refractivity (Wildman–Crippen MR) is 151 cm³/mol. The maximum Gasteiger partial charge on any atom is 0.260 e. The number of anilines is 1. The second kappa shape index (κ2) is 12.0. The SMILES string of the molecule is CCN(CC)CCN(C(=O)c1ccc(-c2ccccc2)cc1)c1nc2c(S(C)(=O)=O)cccc2s1.Cl. The molecule has 1 aromatic heterocycles. The average Bonchev–Trinajstić information content (AvgIpc) is 3.30. The molecule has 3 aromatic carbocycles. The molecule has 0 unspecified atom stereocenters. The van der Waals surface area contributed by atoms with E-state index in [0.717, 1.165) is 28.9 Å². The highest BCUT2D eigenvalue weighted by molar-refractivity contribution is 7.91. The summed E-state index contributed by atoms with van der Waals surface area (Å²) in [4.78, 5) is 22.4. The van der Waals surface area contributed by atoms with Gasteiger partial charge in [-0.25, -0.2) is 13.4 Å². The summed E-state index contributed by atoms with van der Waals surface area (Å²) in [6.07, 6.45) is 1.18. The van der Waals surface area contributed by atoms with Crippen molar-refractivity contribution in [1.29, 1.82) is 0 Å². The van der Waals surface area contributed by atoms with Crippen LogP contribution in [0, 0.1) is 0 Å². The molecule has 190 valence electrons. The largest absolute Gasteiger partial charge is 0.302 e. The van der Waals surface area contributed by atoms with Crippen LogP contribution in [0.25, 0.3) is 21.3 Å². The van der Waals surface area contributed by atoms with Gasteiger partial charge in [-0.2, -0.15) is 0 Å². The van der Waals surface area contributed by atoms with E-state index in [0.29, 0.717) is 29.3 Å². The molecule has 0 N–H and O–H groups in total. The molecule has 0 saturated carbocycles. The number of rotatable bonds is 9. The van der Waals surface area contributed by atoms with E-state index in [2.05, 4.69) is 23.7 Å². The fraction of sp³-hybridized carbons (Fsp3) is 0.259. The molecular formula is C27H30ClN3O3S2. The van der Waals surface area contributed by atoms with Crippen molar-refractivity contribution in [3.05, 3.63) is 78.4 Å². The molecule has 6 nitrogen and oxygen atoms in total. The van der Waals surface area contributed by atoms with E-state index >= 15 is 0 Å². The lowest BCUT2D eigenvalue weighted by molar-refractivity contribution is 0.0984. The lowest BCUT2D eigenvalue weighted by atomic mass is 10.0. The zero-order chi connectivity index (χ0) is 25.0. The van der Waals surface area contributed by atoms with Gasteiger partial charge in [0.2, 0.25) is 0 Å². The summed E-state index contributed by atoms with van der Waals surface area (Å²) in [5, 5.41) is 0.500. The minimum Gasteiger partial charge on any atom is -0.302 e. The van der Waals surface area contributed by atoms with Crippen LogP contribution in [-0.4, -0.2) is 56.6 Å². The van der Waals surface area contributed by atoms with Gasteiger partial charge in [0, 0.05) is 24.9 Å². The number of aromatic nitrogens is 1. The quantitative estimate of drug-likeness (QED) is 0.268. The van der Waals surface area contributed by atoms with Crippen LogP contribution >= 0.6 is 23.7 Å². The van der Waals surface area contributed by atoms with Crippen LogP contribution in [0.2, 0.25) is 0 Å². The standard InChI is InChI=1S/C27H29N3O3S2.ClH/c1-4-29(5-2)18-19-30(27-28-25-23(34-27)12-9-13-24(25)35(3,32)33)26(31)22-16-14-21(15-17-22)20-10-7-6-8-11-20;/h6-17H,4-5,18-19H2,1-3H3;1H. The molecule has 0 aliphatic heterocycles. The number of amides is 1. The molecule has 0 saturated heterocycles. The van der Waals surface area contributed by atoms with Gasteiger partial charge in [-0.3, -0.25) is 9.69 Å². The Morgan fingerprint density at radius 1 is 0.861 bits per heavy atom. The Hall–Kier alpha value is -2.78. The van der Waals surface area contributed by atoms with Gasteiger partial charge in [-0.15, -0.1) is 12.4 Å². The van der Waals surface area contributed by atoms with Crippen molar-refractivity contribution in [2.45, 2.75) is 18.7 Å². The molecule has 1 heterocycles. The molecule has 9 heteroatoms. The van der Waals surface area contributed by atoms with Crippen molar-refractivity contribution in [3.63, 3.8) is 0 Å². The summed E-state index contributed by atoms with van der Waals surface area (Å²) < 4.78 is 25.3. The molecule has 0 aliphatic carbocycles. The fourth-order valence-electron chi connectivity index (χ4n) is 3.98. The molecule has 0 aliphatic rings. The third-order valence-electron chi connectivity index (χ3n) is 6.02. The molecule has 0 fully saturated rings. The zero-order valence-electron chi connectivity index (χ0n) is 20.5. The van der Waals surface area contributed by atoms with Crippen molar-refractivity contribution in [2.24, 2.45) is 0 Å². The van der Waals surface area contributed by atoms with E-state index in [9.17, 15) is 13.2 Å². The maximum atomic E-state index is 13.7. The van der Waals surface area contributed by atoms with Gasteiger partial charge in [-0.1, -0.05) is 73.7 Å². The number of fused-ring (bicyclic) bond motifs is 1. The number of benzene rings is 3. The summed E-state index contributed by atoms with van der Waals surface area (Å²) in [5.74, 6) is -0.156. The Labute approximate surface area is 222 Å². The fourth-order valence-corrected chi connectivity index (χ4v) is 5.90. The first-order chi connectivity index (χ1) is 16.8. The Morgan fingerprint density at radius 2 is 1.50 bits per heavy atom. The summed E-state index contributed by atoms with van der Waals surface area (Å²) in [7, 11) is -3.45. The van der Waals surface area contributed by atoms with Gasteiger partial charge in [0.25, 0.3) is 5.91 Å². The van der Waals surface area contributed by atoms with Crippen molar-refractivity contribution in [2.75, 3.05) is 37.3 Å². The predicted octanol–water partition coefficient (Wildman–Crippen LogP) is 5.78. The number of para-hydroxylation sites is 1. The van der Waals surface area contributed by atoms with E-state index in [1.807, 2.05) is 60.7 Å². The number of hydrogen-bond acceptors (Lipinski definition) is 6. The number of carbonyl (C=O) groups excluding carboxylic acids is 1. The van der Waals surface area contributed by atoms with Crippen LogP contribution < -0.4 is 4.90 Å². The summed E-state index contributed by atoms with van der Waals surface area (Å²) >= 11 is 1.34. The third kappa shape index (κ3) is 6.13. The molecule has 0 radical (unpaired) electrons. The summed E-state index contributed by atoms with van der Waals surface area (Å²) in [6.45, 7) is 7.08. The van der Waals surface area contributed by atoms with Gasteiger partial charge >= 0.3 is 0 Å². The van der Waals surface area contributed by atoms with Crippen LogP contribution in [0.1, 0.15) is 24.2 Å². The Bertz CT molecular complexity index is 1420. The van der Waals surface area contributed by atoms with Crippen molar-refractivity contribution >= 4 is 54.8 Å². The molecule has 1 amide bonds. The zero-order valence-corrected chi connectivity index (χ0v) is 23.0. The highest BCUT2D eigenvalue weighted by Crippen LogP contribution is 2.33. The van der Waals surface area contributed by atoms with Crippen LogP contribution in [-0.2, 0) is 9.84 Å². The van der Waals surface area contributed by atoms with E-state index in [1.54, 1.807) is 17.0 Å². The first kappa shape index (κ1) is 27.8. The minimum atomic E-state index is -3.45. The first-order valence-electron chi connectivity index (χ1n) is 11.6. The molecule has 36 heavy (non-hydrogen) atoms. The van der Waals surface area contributed by atoms with Gasteiger partial charge in [0.05, 0.1) is 9.60 Å². The number of nitrogens with zero attached hydrogens (tertiary/aromatic N) is 3. The molecule has 4 aromatic rings. The van der Waals surface area contributed by atoms with Gasteiger partial charge in [0.15, 0.2) is 15.0 Å². The number of halogens is 1. The molecule has 4 rings (SSSR count). The van der Waals surface area contributed by atoms with Crippen LogP contribution in [0.15, 0.2) is 77.7 Å². The van der Waals surface area contributed by atoms with Crippen LogP contribution in [0.4, 0.5) is 5.13 Å². The van der Waals surface area contributed by atoms with E-state index in [4.69, 9.17) is 0 Å². The Morgan fingerprint density at radius 3 is 2.11 bits per heavy atom. The molecular weight excluding hydrogens is 514 g/mol. The maximum absolute atomic E-state index is 13.7. The Balaban J connectivity index is 0.00000361. The molecule has 0 spiro atoms. The highest BCUT2D eigenvalue weighted by Gasteiger charge is 2.24. The molecule has 0 bridgehead atoms. The summed E-state index contributed by atoms with van der Waals surface area (Å²) in [6, 6.07) is 22.7. The normalized spacial score (nSPS) is 11.4. The van der Waals surface area contributed by atoms with Crippen molar-refractivity contribution < 1.29 is 13.2 Å². The second-order valence-corrected chi connectivity index (χ2v) is 11.3. The van der Waals surface area contributed by atoms with E-state index < -0.39 is 9.84 Å². The summed E-state index contributed by atoms with van der Waals surface area (Å²) in [5.41, 5.74) is 3.10. The van der Waals surface area contributed by atoms with Crippen LogP contribution in [0.3, 0.4) is 0 Å². The number of sulfone groups is 1. The van der Waals surface area contributed by atoms with Gasteiger partial charge in [-0.05, 0) is 48.5 Å². The first-order valence-corrected chi connectivity index (χ1v) is 14.3. The average molecular weight is 544 g/mol. The smallest absolute Gasteiger partial charge is 0.260 e. The highest BCUT2D eigenvalue weighted by atomic mass is 35.5. The van der Waals surface area contributed by atoms with Crippen molar-refractivity contribution in [1.82, 2.24) is 9.88 Å². The van der Waals surface area contributed by atoms with Gasteiger partial charge < -0.3 is 4.90 Å². The topological polar surface area (TPSA) is 70.6 Å². The van der Waals surface area contributed by atoms with E-state index in [1.165, 1.54) is 17.6 Å². The lowest BCUT2D eigenvalue weighted by Crippen LogP contribution is -2.38.